The van der Waals surface area contributed by atoms with Crippen molar-refractivity contribution in [3.8, 4) is 0 Å². The van der Waals surface area contributed by atoms with Crippen molar-refractivity contribution in [2.75, 3.05) is 0 Å². The van der Waals surface area contributed by atoms with E-state index in [9.17, 15) is 32.6 Å². The Morgan fingerprint density at radius 2 is 1.31 bits per heavy atom. The van der Waals surface area contributed by atoms with Crippen molar-refractivity contribution in [2.24, 2.45) is 4.40 Å². The van der Waals surface area contributed by atoms with Crippen molar-refractivity contribution in [2.45, 2.75) is 6.18 Å². The van der Waals surface area contributed by atoms with Crippen molar-refractivity contribution < 1.29 is 32.6 Å². The Balaban J connectivity index is 5.24. The van der Waals surface area contributed by atoms with E-state index in [1.54, 1.807) is 0 Å². The van der Waals surface area contributed by atoms with Crippen molar-refractivity contribution in [3.63, 3.8) is 0 Å². The topological polar surface area (TPSA) is 12.4 Å². The van der Waals surface area contributed by atoms with Gasteiger partial charge in [0.1, 0.15) is 0 Å². The van der Waals surface area contributed by atoms with Crippen molar-refractivity contribution in [1.29, 1.82) is 0 Å². The number of alkyl halides is 3. The van der Waals surface area contributed by atoms with Crippen LogP contribution in [0.4, 0.5) is 32.6 Å². The molecule has 0 rings (SSSR count). The normalized spacial score (nSPS) is 20.8. The van der Waals surface area contributed by atoms with Gasteiger partial charge in [-0.1, -0.05) is 31.0 Å². The minimum absolute atomic E-state index is 0.286. The van der Waals surface area contributed by atoms with E-state index >= 15 is 0 Å². The predicted octanol–water partition coefficient (Wildman–Crippen LogP) is 4.40. The quantitative estimate of drug-likeness (QED) is 0.488. The van der Waals surface area contributed by atoms with Crippen LogP contribution in [0.15, 0.2) is 4.40 Å². The van der Waals surface area contributed by atoms with Crippen LogP contribution in [-0.2, 0) is 0 Å². The van der Waals surface area contributed by atoms with Gasteiger partial charge in [0.05, 0.1) is 0 Å². The minimum atomic E-state index is -10.5. The Kier molecular flexibility index (Phi) is 2.17. The van der Waals surface area contributed by atoms with Gasteiger partial charge in [0.15, 0.2) is 0 Å². The Hall–Kier alpha value is -0.250. The van der Waals surface area contributed by atoms with Crippen LogP contribution in [0.3, 0.4) is 0 Å². The second-order valence-electron chi connectivity index (χ2n) is 1.81. The summed E-state index contributed by atoms with van der Waals surface area (Å²) in [7, 11) is -10.5. The van der Waals surface area contributed by atoms with E-state index in [2.05, 4.69) is 11.6 Å². The van der Waals surface area contributed by atoms with Crippen LogP contribution in [0.5, 0.6) is 0 Å². The highest BCUT2D eigenvalue weighted by Crippen LogP contribution is 2.99. The van der Waals surface area contributed by atoms with Gasteiger partial charge in [0, 0.05) is 0 Å². The molecule has 0 radical (unpaired) electrons. The first-order chi connectivity index (χ1) is 5.10. The Labute approximate surface area is 71.2 Å². The molecule has 0 aliphatic heterocycles. The molecule has 0 fully saturated rings. The van der Waals surface area contributed by atoms with E-state index in [-0.39, 0.29) is 4.40 Å². The summed E-state index contributed by atoms with van der Waals surface area (Å²) < 4.78 is 90.1. The number of rotatable bonds is 1. The third kappa shape index (κ3) is 6.87. The molecule has 0 bridgehead atoms. The molecule has 11 heteroatoms. The van der Waals surface area contributed by atoms with Gasteiger partial charge in [0.25, 0.3) is 0 Å². The van der Waals surface area contributed by atoms with Gasteiger partial charge in [-0.3, -0.25) is 0 Å². The zero-order valence-corrected chi connectivity index (χ0v) is 6.83. The summed E-state index contributed by atoms with van der Waals surface area (Å²) in [4.78, 5) is 0. The van der Waals surface area contributed by atoms with Gasteiger partial charge in [-0.25, -0.2) is 0 Å². The fraction of sp³-hybridized carbons (Fsp3) is 0.500. The van der Waals surface area contributed by atoms with Gasteiger partial charge >= 0.3 is 16.6 Å². The molecule has 0 atom stereocenters. The fourth-order valence-corrected chi connectivity index (χ4v) is 1.00. The molecular formula is C2ClF8NS. The second-order valence-corrected chi connectivity index (χ2v) is 4.21. The van der Waals surface area contributed by atoms with E-state index in [1.165, 1.54) is 0 Å². The summed E-state index contributed by atoms with van der Waals surface area (Å²) in [5, 5.41) is -3.15. The molecule has 0 aromatic carbocycles. The molecule has 0 saturated carbocycles. The summed E-state index contributed by atoms with van der Waals surface area (Å²) >= 11 is 3.88. The summed E-state index contributed by atoms with van der Waals surface area (Å²) in [6.45, 7) is 0. The summed E-state index contributed by atoms with van der Waals surface area (Å²) in [6, 6.07) is 0. The van der Waals surface area contributed by atoms with Crippen LogP contribution >= 0.6 is 22.0 Å². The maximum atomic E-state index is 11.2. The summed E-state index contributed by atoms with van der Waals surface area (Å²) in [6.07, 6.45) is -5.74. The molecule has 0 aromatic rings. The lowest BCUT2D eigenvalue weighted by Crippen LogP contribution is -2.19. The predicted molar refractivity (Wildman–Crippen MR) is 32.5 cm³/mol. The van der Waals surface area contributed by atoms with Crippen LogP contribution in [0.2, 0.25) is 0 Å². The molecule has 0 unspecified atom stereocenters. The number of hydrogen-bond donors (Lipinski definition) is 0. The number of hydrogen-bond acceptors (Lipinski definition) is 1. The van der Waals surface area contributed by atoms with Crippen LogP contribution < -0.4 is 0 Å². The molecule has 0 spiro atoms. The molecular weight excluding hydrogens is 258 g/mol. The van der Waals surface area contributed by atoms with Gasteiger partial charge in [-0.2, -0.15) is 13.2 Å². The highest BCUT2D eigenvalue weighted by Gasteiger charge is 2.65. The lowest BCUT2D eigenvalue weighted by Gasteiger charge is -2.35. The molecule has 0 saturated heterocycles. The smallest absolute Gasteiger partial charge is 0.164 e. The number of halogens is 9. The van der Waals surface area contributed by atoms with E-state index < -0.39 is 21.8 Å². The van der Waals surface area contributed by atoms with Gasteiger partial charge in [-0.15, -0.1) is 4.40 Å². The molecule has 0 amide bonds. The Bertz CT molecular complexity index is 244. The van der Waals surface area contributed by atoms with Crippen molar-refractivity contribution in [1.82, 2.24) is 0 Å². The van der Waals surface area contributed by atoms with E-state index in [4.69, 9.17) is 0 Å². The fourth-order valence-electron chi connectivity index (χ4n) is 0.203. The molecule has 0 aromatic heterocycles. The summed E-state index contributed by atoms with van der Waals surface area (Å²) in [5.74, 6) is 0. The van der Waals surface area contributed by atoms with Gasteiger partial charge in [0.2, 0.25) is 5.17 Å². The molecule has 82 valence electrons. The molecule has 0 heterocycles. The molecule has 0 aliphatic carbocycles. The van der Waals surface area contributed by atoms with Crippen molar-refractivity contribution >= 4 is 27.2 Å². The third-order valence-electron chi connectivity index (χ3n) is 0.487. The Morgan fingerprint density at radius 3 is 1.38 bits per heavy atom. The zero-order valence-electron chi connectivity index (χ0n) is 5.26. The average Bonchev–Trinajstić information content (AvgIpc) is 1.51. The average molecular weight is 258 g/mol. The highest BCUT2D eigenvalue weighted by molar-refractivity contribution is 8.44. The maximum Gasteiger partial charge on any atom is 0.445 e. The SMILES string of the molecule is FC(F)(F)/C(Cl)=N/S(F)(F)(F)(F)F. The monoisotopic (exact) mass is 257 g/mol. The first-order valence-electron chi connectivity index (χ1n) is 2.18. The molecule has 0 aliphatic rings. The number of nitrogens with zero attached hydrogens (tertiary/aromatic N) is 1. The first-order valence-corrected chi connectivity index (χ1v) is 4.47. The van der Waals surface area contributed by atoms with E-state index in [1.807, 2.05) is 0 Å². The summed E-state index contributed by atoms with van der Waals surface area (Å²) in [5.41, 5.74) is 0. The van der Waals surface area contributed by atoms with E-state index in [0.29, 0.717) is 0 Å². The van der Waals surface area contributed by atoms with Gasteiger partial charge in [-0.05, 0) is 0 Å². The van der Waals surface area contributed by atoms with Crippen molar-refractivity contribution in [3.05, 3.63) is 0 Å². The standard InChI is InChI=1S/C2ClF8NS/c3-1(2(4,5)6)12-13(7,8,9,10)11/b12-1-. The molecule has 0 N–H and O–H groups in total. The van der Waals surface area contributed by atoms with Crippen LogP contribution in [0.25, 0.3) is 0 Å². The molecule has 13 heavy (non-hydrogen) atoms. The second kappa shape index (κ2) is 2.22. The van der Waals surface area contributed by atoms with E-state index in [0.717, 1.165) is 0 Å². The maximum absolute atomic E-state index is 11.2. The zero-order chi connectivity index (χ0) is 11.2. The third-order valence-corrected chi connectivity index (χ3v) is 1.41. The van der Waals surface area contributed by atoms with Crippen LogP contribution in [-0.4, -0.2) is 11.3 Å². The minimum Gasteiger partial charge on any atom is -0.164 e. The van der Waals surface area contributed by atoms with Crippen LogP contribution in [0, 0.1) is 0 Å². The Morgan fingerprint density at radius 1 is 1.00 bits per heavy atom. The lowest BCUT2D eigenvalue weighted by atomic mass is 10.7. The lowest BCUT2D eigenvalue weighted by molar-refractivity contribution is -0.0559. The van der Waals surface area contributed by atoms with Crippen LogP contribution in [0.1, 0.15) is 0 Å². The first kappa shape index (κ1) is 12.8. The highest BCUT2D eigenvalue weighted by atomic mass is 35.5. The van der Waals surface area contributed by atoms with Gasteiger partial charge < -0.3 is 0 Å². The largest absolute Gasteiger partial charge is 0.445 e. The molecule has 1 nitrogen and oxygen atoms in total.